The summed E-state index contributed by atoms with van der Waals surface area (Å²) in [4.78, 5) is 24.8. The van der Waals surface area contributed by atoms with Crippen molar-refractivity contribution < 1.29 is 24.2 Å². The fraction of sp³-hybridized carbons (Fsp3) is 0.333. The number of carboxylic acid groups (broad SMARTS) is 1. The van der Waals surface area contributed by atoms with E-state index in [-0.39, 0.29) is 26.3 Å². The van der Waals surface area contributed by atoms with E-state index >= 15 is 0 Å². The standard InChI is InChI=1S/C15H22N2O5/c1-5-9-16-14(20)17(10-6-2)15(13(18)19,21-11-7-3)22-12-8-4/h5-8H,1-4,9-12H2,(H,16,20)(H,18,19). The normalized spacial score (nSPS) is 10.4. The highest BCUT2D eigenvalue weighted by Gasteiger charge is 2.49. The van der Waals surface area contributed by atoms with Crippen molar-refractivity contribution in [3.8, 4) is 0 Å². The first-order valence-corrected chi connectivity index (χ1v) is 6.50. The van der Waals surface area contributed by atoms with Crippen molar-refractivity contribution in [2.24, 2.45) is 0 Å². The van der Waals surface area contributed by atoms with Crippen molar-refractivity contribution in [1.29, 1.82) is 0 Å². The van der Waals surface area contributed by atoms with E-state index in [0.29, 0.717) is 0 Å². The molecule has 0 aromatic rings. The molecule has 0 rings (SSSR count). The van der Waals surface area contributed by atoms with E-state index in [1.165, 1.54) is 24.3 Å². The maximum Gasteiger partial charge on any atom is 0.388 e. The highest BCUT2D eigenvalue weighted by molar-refractivity contribution is 5.84. The zero-order chi connectivity index (χ0) is 17.0. The van der Waals surface area contributed by atoms with E-state index in [1.54, 1.807) is 0 Å². The Bertz CT molecular complexity index is 422. The van der Waals surface area contributed by atoms with Crippen LogP contribution in [-0.4, -0.2) is 54.2 Å². The number of carbonyl (C=O) groups excluding carboxylic acids is 1. The Morgan fingerprint density at radius 3 is 1.95 bits per heavy atom. The van der Waals surface area contributed by atoms with E-state index in [2.05, 4.69) is 31.6 Å². The number of hydrogen-bond donors (Lipinski definition) is 2. The van der Waals surface area contributed by atoms with Crippen LogP contribution in [0.2, 0.25) is 0 Å². The van der Waals surface area contributed by atoms with Gasteiger partial charge in [-0.05, 0) is 0 Å². The Hall–Kier alpha value is -2.38. The molecule has 0 aliphatic carbocycles. The minimum absolute atomic E-state index is 0.108. The van der Waals surface area contributed by atoms with Gasteiger partial charge in [0.05, 0.1) is 13.2 Å². The van der Waals surface area contributed by atoms with Gasteiger partial charge in [-0.25, -0.2) is 9.59 Å². The van der Waals surface area contributed by atoms with Crippen molar-refractivity contribution in [2.75, 3.05) is 26.3 Å². The first-order valence-electron chi connectivity index (χ1n) is 6.50. The maximum atomic E-state index is 12.2. The number of carboxylic acids is 1. The molecule has 0 aliphatic rings. The molecule has 0 aromatic carbocycles. The molecule has 0 saturated heterocycles. The molecule has 0 fully saturated rings. The van der Waals surface area contributed by atoms with Gasteiger partial charge < -0.3 is 19.9 Å². The molecule has 122 valence electrons. The number of carbonyl (C=O) groups is 2. The van der Waals surface area contributed by atoms with E-state index in [4.69, 9.17) is 9.47 Å². The van der Waals surface area contributed by atoms with E-state index in [0.717, 1.165) is 4.90 Å². The first-order chi connectivity index (χ1) is 10.5. The molecule has 0 radical (unpaired) electrons. The highest BCUT2D eigenvalue weighted by Crippen LogP contribution is 2.21. The highest BCUT2D eigenvalue weighted by atomic mass is 16.7. The largest absolute Gasteiger partial charge is 0.476 e. The van der Waals surface area contributed by atoms with Crippen LogP contribution in [0.4, 0.5) is 4.79 Å². The van der Waals surface area contributed by atoms with Crippen LogP contribution < -0.4 is 5.32 Å². The lowest BCUT2D eigenvalue weighted by Crippen LogP contribution is -2.63. The minimum atomic E-state index is -2.32. The van der Waals surface area contributed by atoms with E-state index in [9.17, 15) is 14.7 Å². The molecule has 0 bridgehead atoms. The van der Waals surface area contributed by atoms with Crippen LogP contribution in [0.3, 0.4) is 0 Å². The average Bonchev–Trinajstić information content (AvgIpc) is 2.51. The van der Waals surface area contributed by atoms with Crippen LogP contribution in [0.25, 0.3) is 0 Å². The van der Waals surface area contributed by atoms with Gasteiger partial charge in [0.1, 0.15) is 0 Å². The number of rotatable bonds is 12. The fourth-order valence-electron chi connectivity index (χ4n) is 1.50. The minimum Gasteiger partial charge on any atom is -0.476 e. The van der Waals surface area contributed by atoms with Crippen molar-refractivity contribution in [1.82, 2.24) is 10.2 Å². The maximum absolute atomic E-state index is 12.2. The molecule has 7 nitrogen and oxygen atoms in total. The average molecular weight is 310 g/mol. The molecule has 0 atom stereocenters. The quantitative estimate of drug-likeness (QED) is 0.421. The molecule has 0 saturated carbocycles. The Balaban J connectivity index is 5.65. The molecule has 0 unspecified atom stereocenters. The SMILES string of the molecule is C=CCNC(=O)N(CC=C)C(OCC=C)(OCC=C)C(=O)O. The summed E-state index contributed by atoms with van der Waals surface area (Å²) < 4.78 is 10.5. The number of aliphatic carboxylic acids is 1. The molecule has 0 heterocycles. The van der Waals surface area contributed by atoms with Crippen molar-refractivity contribution in [2.45, 2.75) is 5.91 Å². The van der Waals surface area contributed by atoms with Crippen molar-refractivity contribution in [3.05, 3.63) is 50.6 Å². The molecule has 0 spiro atoms. The summed E-state index contributed by atoms with van der Waals surface area (Å²) in [5, 5.41) is 12.0. The van der Waals surface area contributed by atoms with Crippen LogP contribution in [0.15, 0.2) is 50.6 Å². The first kappa shape index (κ1) is 19.6. The molecule has 0 aromatic heterocycles. The topological polar surface area (TPSA) is 88.1 Å². The lowest BCUT2D eigenvalue weighted by Gasteiger charge is -2.38. The van der Waals surface area contributed by atoms with E-state index in [1.807, 2.05) is 0 Å². The zero-order valence-corrected chi connectivity index (χ0v) is 12.5. The second-order valence-corrected chi connectivity index (χ2v) is 3.96. The third-order valence-electron chi connectivity index (χ3n) is 2.37. The van der Waals surface area contributed by atoms with Gasteiger partial charge in [-0.2, -0.15) is 0 Å². The van der Waals surface area contributed by atoms with Crippen molar-refractivity contribution >= 4 is 12.0 Å². The van der Waals surface area contributed by atoms with Gasteiger partial charge in [-0.3, -0.25) is 4.90 Å². The third kappa shape index (κ3) is 5.19. The predicted octanol–water partition coefficient (Wildman–Crippen LogP) is 1.51. The summed E-state index contributed by atoms with van der Waals surface area (Å²) in [7, 11) is 0. The van der Waals surface area contributed by atoms with E-state index < -0.39 is 17.9 Å². The molecule has 22 heavy (non-hydrogen) atoms. The van der Waals surface area contributed by atoms with Crippen molar-refractivity contribution in [3.63, 3.8) is 0 Å². The number of nitrogens with zero attached hydrogens (tertiary/aromatic N) is 1. The summed E-state index contributed by atoms with van der Waals surface area (Å²) >= 11 is 0. The summed E-state index contributed by atoms with van der Waals surface area (Å²) in [6.07, 6.45) is 5.52. The second-order valence-electron chi connectivity index (χ2n) is 3.96. The van der Waals surface area contributed by atoms with Gasteiger partial charge in [0.2, 0.25) is 0 Å². The van der Waals surface area contributed by atoms with Crippen LogP contribution in [0.1, 0.15) is 0 Å². The summed E-state index contributed by atoms with van der Waals surface area (Å²) in [6.45, 7) is 13.7. The van der Waals surface area contributed by atoms with Crippen LogP contribution in [0.5, 0.6) is 0 Å². The summed E-state index contributed by atoms with van der Waals surface area (Å²) in [5.41, 5.74) is 0. The summed E-state index contributed by atoms with van der Waals surface area (Å²) in [5.74, 6) is -3.80. The molecular weight excluding hydrogens is 288 g/mol. The molecular formula is C15H22N2O5. The summed E-state index contributed by atoms with van der Waals surface area (Å²) in [6, 6.07) is -0.699. The molecule has 2 amide bonds. The molecule has 2 N–H and O–H groups in total. The Morgan fingerprint density at radius 2 is 1.59 bits per heavy atom. The number of nitrogens with one attached hydrogen (secondary N) is 1. The molecule has 0 aliphatic heterocycles. The lowest BCUT2D eigenvalue weighted by atomic mass is 10.3. The third-order valence-corrected chi connectivity index (χ3v) is 2.37. The monoisotopic (exact) mass is 310 g/mol. The Labute approximate surface area is 130 Å². The Kier molecular flexibility index (Phi) is 9.24. The number of amides is 2. The van der Waals surface area contributed by atoms with Gasteiger partial charge in [-0.15, -0.1) is 26.3 Å². The number of urea groups is 1. The second kappa shape index (κ2) is 10.4. The number of hydrogen-bond acceptors (Lipinski definition) is 4. The predicted molar refractivity (Wildman–Crippen MR) is 83.2 cm³/mol. The number of ether oxygens (including phenoxy) is 2. The van der Waals surface area contributed by atoms with Gasteiger partial charge in [0.25, 0.3) is 0 Å². The van der Waals surface area contributed by atoms with Gasteiger partial charge in [0, 0.05) is 13.1 Å². The van der Waals surface area contributed by atoms with Gasteiger partial charge >= 0.3 is 17.9 Å². The fourth-order valence-corrected chi connectivity index (χ4v) is 1.50. The van der Waals surface area contributed by atoms with Crippen LogP contribution >= 0.6 is 0 Å². The van der Waals surface area contributed by atoms with Crippen LogP contribution in [-0.2, 0) is 14.3 Å². The smallest absolute Gasteiger partial charge is 0.388 e. The molecule has 7 heteroatoms. The Morgan fingerprint density at radius 1 is 1.05 bits per heavy atom. The lowest BCUT2D eigenvalue weighted by molar-refractivity contribution is -0.285. The van der Waals surface area contributed by atoms with Gasteiger partial charge in [0.15, 0.2) is 0 Å². The van der Waals surface area contributed by atoms with Gasteiger partial charge in [-0.1, -0.05) is 24.3 Å². The zero-order valence-electron chi connectivity index (χ0n) is 12.5. The van der Waals surface area contributed by atoms with Crippen LogP contribution in [0, 0.1) is 0 Å².